The van der Waals surface area contributed by atoms with Gasteiger partial charge in [0.1, 0.15) is 0 Å². The second-order valence-corrected chi connectivity index (χ2v) is 7.78. The molecule has 0 saturated heterocycles. The Labute approximate surface area is 120 Å². The normalized spacial score (nSPS) is 28.8. The van der Waals surface area contributed by atoms with E-state index in [1.807, 2.05) is 6.07 Å². The SMILES string of the molecule is CC(C)C1CCC(CN)C(Cc2ccc(Cl)s2)C1. The fraction of sp³-hybridized carbons (Fsp3) is 0.733. The van der Waals surface area contributed by atoms with Crippen LogP contribution in [0, 0.1) is 23.7 Å². The monoisotopic (exact) mass is 285 g/mol. The summed E-state index contributed by atoms with van der Waals surface area (Å²) in [5.41, 5.74) is 5.95. The van der Waals surface area contributed by atoms with Gasteiger partial charge in [0.05, 0.1) is 4.34 Å². The smallest absolute Gasteiger partial charge is 0.0931 e. The fourth-order valence-corrected chi connectivity index (χ4v) is 4.43. The van der Waals surface area contributed by atoms with E-state index in [1.54, 1.807) is 11.3 Å². The molecule has 102 valence electrons. The number of hydrogen-bond acceptors (Lipinski definition) is 2. The van der Waals surface area contributed by atoms with Gasteiger partial charge in [0.15, 0.2) is 0 Å². The molecule has 18 heavy (non-hydrogen) atoms. The highest BCUT2D eigenvalue weighted by atomic mass is 35.5. The third kappa shape index (κ3) is 3.49. The Morgan fingerprint density at radius 2 is 2.11 bits per heavy atom. The average Bonchev–Trinajstić information content (AvgIpc) is 2.74. The maximum absolute atomic E-state index is 6.02. The standard InChI is InChI=1S/C15H24ClNS/c1-10(2)11-3-4-12(9-17)13(7-11)8-14-5-6-15(16)18-14/h5-6,10-13H,3-4,7-9,17H2,1-2H3. The van der Waals surface area contributed by atoms with E-state index < -0.39 is 0 Å². The summed E-state index contributed by atoms with van der Waals surface area (Å²) in [5.74, 6) is 3.15. The maximum atomic E-state index is 6.02. The van der Waals surface area contributed by atoms with Gasteiger partial charge in [-0.05, 0) is 68.0 Å². The Kier molecular flexibility index (Phi) is 5.11. The largest absolute Gasteiger partial charge is 0.330 e. The zero-order valence-electron chi connectivity index (χ0n) is 11.4. The van der Waals surface area contributed by atoms with Crippen LogP contribution in [-0.4, -0.2) is 6.54 Å². The third-order valence-electron chi connectivity index (χ3n) is 4.52. The van der Waals surface area contributed by atoms with Gasteiger partial charge < -0.3 is 5.73 Å². The van der Waals surface area contributed by atoms with Crippen molar-refractivity contribution in [1.29, 1.82) is 0 Å². The van der Waals surface area contributed by atoms with Crippen LogP contribution in [0.25, 0.3) is 0 Å². The lowest BCUT2D eigenvalue weighted by atomic mass is 9.69. The van der Waals surface area contributed by atoms with Crippen LogP contribution in [0.15, 0.2) is 12.1 Å². The molecule has 1 heterocycles. The lowest BCUT2D eigenvalue weighted by Gasteiger charge is -2.37. The molecule has 1 aromatic rings. The van der Waals surface area contributed by atoms with Crippen molar-refractivity contribution in [3.05, 3.63) is 21.3 Å². The molecule has 1 aliphatic rings. The van der Waals surface area contributed by atoms with Gasteiger partial charge in [0.25, 0.3) is 0 Å². The third-order valence-corrected chi connectivity index (χ3v) is 5.77. The number of nitrogens with two attached hydrogens (primary N) is 1. The molecular formula is C15H24ClNS. The van der Waals surface area contributed by atoms with Crippen LogP contribution in [0.1, 0.15) is 38.0 Å². The van der Waals surface area contributed by atoms with Gasteiger partial charge in [-0.25, -0.2) is 0 Å². The van der Waals surface area contributed by atoms with Crippen molar-refractivity contribution in [3.63, 3.8) is 0 Å². The van der Waals surface area contributed by atoms with E-state index in [2.05, 4.69) is 19.9 Å². The first kappa shape index (κ1) is 14.4. The molecule has 1 aliphatic carbocycles. The molecule has 3 heteroatoms. The summed E-state index contributed by atoms with van der Waals surface area (Å²) in [7, 11) is 0. The van der Waals surface area contributed by atoms with E-state index in [1.165, 1.54) is 30.6 Å². The van der Waals surface area contributed by atoms with Crippen LogP contribution < -0.4 is 5.73 Å². The first-order valence-electron chi connectivity index (χ1n) is 7.04. The lowest BCUT2D eigenvalue weighted by molar-refractivity contribution is 0.152. The van der Waals surface area contributed by atoms with Gasteiger partial charge in [-0.2, -0.15) is 0 Å². The van der Waals surface area contributed by atoms with E-state index in [0.29, 0.717) is 5.92 Å². The molecule has 0 spiro atoms. The zero-order chi connectivity index (χ0) is 13.1. The summed E-state index contributed by atoms with van der Waals surface area (Å²) in [6.07, 6.45) is 5.18. The Morgan fingerprint density at radius 3 is 2.67 bits per heavy atom. The Balaban J connectivity index is 2.02. The molecule has 0 radical (unpaired) electrons. The molecule has 1 saturated carbocycles. The molecule has 2 rings (SSSR count). The molecule has 0 aromatic carbocycles. The Morgan fingerprint density at radius 1 is 1.33 bits per heavy atom. The predicted molar refractivity (Wildman–Crippen MR) is 81.2 cm³/mol. The lowest BCUT2D eigenvalue weighted by Crippen LogP contribution is -2.33. The van der Waals surface area contributed by atoms with E-state index in [9.17, 15) is 0 Å². The summed E-state index contributed by atoms with van der Waals surface area (Å²) in [5, 5.41) is 0. The van der Waals surface area contributed by atoms with Gasteiger partial charge in [-0.15, -0.1) is 11.3 Å². The minimum absolute atomic E-state index is 0.709. The number of hydrogen-bond donors (Lipinski definition) is 1. The van der Waals surface area contributed by atoms with Crippen molar-refractivity contribution in [3.8, 4) is 0 Å². The quantitative estimate of drug-likeness (QED) is 0.860. The summed E-state index contributed by atoms with van der Waals surface area (Å²) in [4.78, 5) is 1.42. The van der Waals surface area contributed by atoms with Crippen molar-refractivity contribution >= 4 is 22.9 Å². The van der Waals surface area contributed by atoms with Gasteiger partial charge in [-0.3, -0.25) is 0 Å². The summed E-state index contributed by atoms with van der Waals surface area (Å²) < 4.78 is 0.908. The van der Waals surface area contributed by atoms with Crippen molar-refractivity contribution in [2.75, 3.05) is 6.54 Å². The van der Waals surface area contributed by atoms with E-state index in [4.69, 9.17) is 17.3 Å². The van der Waals surface area contributed by atoms with Crippen molar-refractivity contribution in [1.82, 2.24) is 0 Å². The Hall–Kier alpha value is -0.0500. The van der Waals surface area contributed by atoms with Crippen LogP contribution in [0.2, 0.25) is 4.34 Å². The van der Waals surface area contributed by atoms with E-state index in [-0.39, 0.29) is 0 Å². The fourth-order valence-electron chi connectivity index (χ4n) is 3.25. The zero-order valence-corrected chi connectivity index (χ0v) is 12.9. The Bertz CT molecular complexity index is 374. The number of halogens is 1. The predicted octanol–water partition coefficient (Wildman–Crippen LogP) is 4.59. The second kappa shape index (κ2) is 6.40. The highest BCUT2D eigenvalue weighted by Gasteiger charge is 2.31. The van der Waals surface area contributed by atoms with Crippen LogP contribution in [0.3, 0.4) is 0 Å². The summed E-state index contributed by atoms with van der Waals surface area (Å²) in [6, 6.07) is 4.20. The first-order valence-corrected chi connectivity index (χ1v) is 8.24. The molecule has 3 atom stereocenters. The molecule has 2 N–H and O–H groups in total. The van der Waals surface area contributed by atoms with Crippen molar-refractivity contribution in [2.24, 2.45) is 29.4 Å². The number of thiophene rings is 1. The summed E-state index contributed by atoms with van der Waals surface area (Å²) in [6.45, 7) is 5.55. The second-order valence-electron chi connectivity index (χ2n) is 5.98. The minimum Gasteiger partial charge on any atom is -0.330 e. The topological polar surface area (TPSA) is 26.0 Å². The average molecular weight is 286 g/mol. The molecule has 1 nitrogen and oxygen atoms in total. The van der Waals surface area contributed by atoms with Gasteiger partial charge in [0.2, 0.25) is 0 Å². The molecule has 1 aromatic heterocycles. The summed E-state index contributed by atoms with van der Waals surface area (Å²) >= 11 is 7.75. The number of rotatable bonds is 4. The van der Waals surface area contributed by atoms with Gasteiger partial charge >= 0.3 is 0 Å². The van der Waals surface area contributed by atoms with Gasteiger partial charge in [0, 0.05) is 4.88 Å². The minimum atomic E-state index is 0.709. The van der Waals surface area contributed by atoms with Crippen LogP contribution in [0.5, 0.6) is 0 Å². The highest BCUT2D eigenvalue weighted by molar-refractivity contribution is 7.16. The molecular weight excluding hydrogens is 262 g/mol. The maximum Gasteiger partial charge on any atom is 0.0931 e. The van der Waals surface area contributed by atoms with Gasteiger partial charge in [-0.1, -0.05) is 25.4 Å². The van der Waals surface area contributed by atoms with E-state index in [0.717, 1.165) is 28.6 Å². The van der Waals surface area contributed by atoms with Crippen LogP contribution in [-0.2, 0) is 6.42 Å². The van der Waals surface area contributed by atoms with Crippen molar-refractivity contribution in [2.45, 2.75) is 39.5 Å². The molecule has 3 unspecified atom stereocenters. The van der Waals surface area contributed by atoms with Crippen LogP contribution in [0.4, 0.5) is 0 Å². The molecule has 0 amide bonds. The van der Waals surface area contributed by atoms with Crippen LogP contribution >= 0.6 is 22.9 Å². The van der Waals surface area contributed by atoms with Crippen molar-refractivity contribution < 1.29 is 0 Å². The molecule has 1 fully saturated rings. The molecule has 0 bridgehead atoms. The van der Waals surface area contributed by atoms with E-state index >= 15 is 0 Å². The first-order chi connectivity index (χ1) is 8.60. The highest BCUT2D eigenvalue weighted by Crippen LogP contribution is 2.39. The molecule has 0 aliphatic heterocycles.